The lowest BCUT2D eigenvalue weighted by Gasteiger charge is -2.55. The minimum absolute atomic E-state index is 0.0326. The molecule has 0 radical (unpaired) electrons. The number of nitrogens with one attached hydrogen (secondary N) is 3. The molecule has 26 heavy (non-hydrogen) atoms. The van der Waals surface area contributed by atoms with Crippen molar-refractivity contribution >= 4 is 11.8 Å². The normalized spacial score (nSPS) is 33.3. The number of H-pyrrole nitrogens is 1. The molecule has 1 aromatic heterocycles. The number of amides is 2. The molecule has 4 fully saturated rings. The predicted molar refractivity (Wildman–Crippen MR) is 95.6 cm³/mol. The van der Waals surface area contributed by atoms with Gasteiger partial charge in [-0.25, -0.2) is 0 Å². The van der Waals surface area contributed by atoms with E-state index in [1.54, 1.807) is 6.20 Å². The first-order chi connectivity index (χ1) is 12.4. The van der Waals surface area contributed by atoms with Crippen LogP contribution in [0.2, 0.25) is 0 Å². The van der Waals surface area contributed by atoms with E-state index >= 15 is 0 Å². The molecule has 1 atom stereocenters. The molecule has 3 N–H and O–H groups in total. The van der Waals surface area contributed by atoms with Gasteiger partial charge >= 0.3 is 0 Å². The molecule has 0 spiro atoms. The summed E-state index contributed by atoms with van der Waals surface area (Å²) in [6, 6.07) is -0.512. The molecular formula is C19H29N5O2. The molecule has 0 aliphatic heterocycles. The van der Waals surface area contributed by atoms with Crippen LogP contribution in [-0.2, 0) is 16.1 Å². The van der Waals surface area contributed by atoms with Gasteiger partial charge in [0.2, 0.25) is 11.8 Å². The highest BCUT2D eigenvalue weighted by Gasteiger charge is 2.55. The van der Waals surface area contributed by atoms with Gasteiger partial charge in [0.15, 0.2) is 0 Å². The van der Waals surface area contributed by atoms with Crippen LogP contribution in [0.15, 0.2) is 6.20 Å². The van der Waals surface area contributed by atoms with E-state index in [4.69, 9.17) is 0 Å². The molecule has 5 rings (SSSR count). The summed E-state index contributed by atoms with van der Waals surface area (Å²) in [5.41, 5.74) is 0.446. The van der Waals surface area contributed by atoms with Gasteiger partial charge < -0.3 is 10.6 Å². The molecule has 4 aliphatic carbocycles. The van der Waals surface area contributed by atoms with E-state index in [-0.39, 0.29) is 23.1 Å². The predicted octanol–water partition coefficient (Wildman–Crippen LogP) is 1.78. The Morgan fingerprint density at radius 3 is 2.31 bits per heavy atom. The van der Waals surface area contributed by atoms with Gasteiger partial charge in [0.1, 0.15) is 11.7 Å². The van der Waals surface area contributed by atoms with Crippen molar-refractivity contribution in [1.29, 1.82) is 0 Å². The zero-order valence-corrected chi connectivity index (χ0v) is 15.6. The Morgan fingerprint density at radius 1 is 1.19 bits per heavy atom. The van der Waals surface area contributed by atoms with Gasteiger partial charge in [-0.05, 0) is 62.2 Å². The van der Waals surface area contributed by atoms with Crippen molar-refractivity contribution in [3.63, 3.8) is 0 Å². The lowest BCUT2D eigenvalue weighted by Crippen LogP contribution is -2.58. The maximum Gasteiger partial charge on any atom is 0.243 e. The fourth-order valence-corrected chi connectivity index (χ4v) is 5.82. The summed E-state index contributed by atoms with van der Waals surface area (Å²) in [5, 5.41) is 16.2. The van der Waals surface area contributed by atoms with Crippen LogP contribution < -0.4 is 10.6 Å². The first kappa shape index (κ1) is 17.5. The van der Waals surface area contributed by atoms with Crippen molar-refractivity contribution in [3.05, 3.63) is 11.9 Å². The van der Waals surface area contributed by atoms with Crippen LogP contribution in [-0.4, -0.2) is 33.3 Å². The molecule has 4 bridgehead atoms. The van der Waals surface area contributed by atoms with E-state index in [9.17, 15) is 9.59 Å². The van der Waals surface area contributed by atoms with Gasteiger partial charge in [-0.2, -0.15) is 15.4 Å². The monoisotopic (exact) mass is 359 g/mol. The summed E-state index contributed by atoms with van der Waals surface area (Å²) >= 11 is 0. The minimum Gasteiger partial charge on any atom is -0.349 e. The molecule has 2 amide bonds. The highest BCUT2D eigenvalue weighted by atomic mass is 16.2. The molecule has 1 unspecified atom stereocenters. The lowest BCUT2D eigenvalue weighted by molar-refractivity contribution is -0.149. The number of carbonyl (C=O) groups excluding carboxylic acids is 2. The second-order valence-electron chi connectivity index (χ2n) is 9.07. The second kappa shape index (κ2) is 6.67. The third-order valence-corrected chi connectivity index (χ3v) is 6.66. The number of aromatic nitrogens is 3. The number of aromatic amines is 1. The van der Waals surface area contributed by atoms with Crippen LogP contribution in [0.25, 0.3) is 0 Å². The SMILES string of the molecule is CC(C)C(NC(=O)C12CC3CC(CC(C3)C1)C2)C(=O)NCc1cn[nH]n1. The highest BCUT2D eigenvalue weighted by molar-refractivity contribution is 5.90. The first-order valence-electron chi connectivity index (χ1n) is 9.88. The Labute approximate surface area is 154 Å². The van der Waals surface area contributed by atoms with Crippen molar-refractivity contribution < 1.29 is 9.59 Å². The zero-order chi connectivity index (χ0) is 18.3. The van der Waals surface area contributed by atoms with Crippen LogP contribution in [0.5, 0.6) is 0 Å². The van der Waals surface area contributed by atoms with E-state index in [0.29, 0.717) is 30.0 Å². The molecule has 142 valence electrons. The van der Waals surface area contributed by atoms with Gasteiger partial charge in [0, 0.05) is 5.41 Å². The van der Waals surface area contributed by atoms with Crippen LogP contribution >= 0.6 is 0 Å². The van der Waals surface area contributed by atoms with E-state index in [2.05, 4.69) is 26.0 Å². The Morgan fingerprint density at radius 2 is 1.81 bits per heavy atom. The molecular weight excluding hydrogens is 330 g/mol. The van der Waals surface area contributed by atoms with Gasteiger partial charge in [0.05, 0.1) is 12.7 Å². The van der Waals surface area contributed by atoms with Crippen LogP contribution in [0.3, 0.4) is 0 Å². The third kappa shape index (κ3) is 3.23. The lowest BCUT2D eigenvalue weighted by atomic mass is 9.49. The summed E-state index contributed by atoms with van der Waals surface area (Å²) in [5.74, 6) is 2.12. The molecule has 4 saturated carbocycles. The molecule has 1 heterocycles. The quantitative estimate of drug-likeness (QED) is 0.721. The smallest absolute Gasteiger partial charge is 0.243 e. The largest absolute Gasteiger partial charge is 0.349 e. The van der Waals surface area contributed by atoms with E-state index in [1.807, 2.05) is 13.8 Å². The molecule has 0 aromatic carbocycles. The molecule has 4 aliphatic rings. The molecule has 7 nitrogen and oxygen atoms in total. The van der Waals surface area contributed by atoms with E-state index in [1.165, 1.54) is 19.3 Å². The van der Waals surface area contributed by atoms with Crippen molar-refractivity contribution in [2.75, 3.05) is 0 Å². The first-order valence-corrected chi connectivity index (χ1v) is 9.88. The summed E-state index contributed by atoms with van der Waals surface area (Å²) < 4.78 is 0. The molecule has 1 aromatic rings. The summed E-state index contributed by atoms with van der Waals surface area (Å²) in [6.45, 7) is 4.26. The maximum atomic E-state index is 13.2. The standard InChI is InChI=1S/C19H29N5O2/c1-11(2)16(17(25)20-9-15-10-21-24-23-15)22-18(26)19-6-12-3-13(7-19)5-14(4-12)8-19/h10-14,16H,3-9H2,1-2H3,(H,20,25)(H,22,26)(H,21,23,24). The number of rotatable bonds is 6. The fourth-order valence-electron chi connectivity index (χ4n) is 5.82. The minimum atomic E-state index is -0.512. The number of hydrogen-bond donors (Lipinski definition) is 3. The Balaban J connectivity index is 1.41. The van der Waals surface area contributed by atoms with Crippen molar-refractivity contribution in [1.82, 2.24) is 26.0 Å². The molecule has 0 saturated heterocycles. The van der Waals surface area contributed by atoms with Gasteiger partial charge in [0.25, 0.3) is 0 Å². The topological polar surface area (TPSA) is 99.8 Å². The number of carbonyl (C=O) groups is 2. The highest BCUT2D eigenvalue weighted by Crippen LogP contribution is 2.60. The Bertz CT molecular complexity index is 634. The van der Waals surface area contributed by atoms with Crippen molar-refractivity contribution in [3.8, 4) is 0 Å². The van der Waals surface area contributed by atoms with E-state index < -0.39 is 6.04 Å². The fraction of sp³-hybridized carbons (Fsp3) is 0.789. The average molecular weight is 359 g/mol. The number of nitrogens with zero attached hydrogens (tertiary/aromatic N) is 2. The summed E-state index contributed by atoms with van der Waals surface area (Å²) in [4.78, 5) is 25.9. The number of hydrogen-bond acceptors (Lipinski definition) is 4. The molecule has 7 heteroatoms. The zero-order valence-electron chi connectivity index (χ0n) is 15.6. The van der Waals surface area contributed by atoms with Gasteiger partial charge in [-0.1, -0.05) is 13.8 Å². The Kier molecular flexibility index (Phi) is 4.49. The Hall–Kier alpha value is -1.92. The van der Waals surface area contributed by atoms with Gasteiger partial charge in [-0.15, -0.1) is 0 Å². The average Bonchev–Trinajstić information content (AvgIpc) is 3.09. The van der Waals surface area contributed by atoms with E-state index in [0.717, 1.165) is 19.3 Å². The van der Waals surface area contributed by atoms with Crippen molar-refractivity contribution in [2.45, 2.75) is 65.0 Å². The van der Waals surface area contributed by atoms with Crippen LogP contribution in [0.4, 0.5) is 0 Å². The van der Waals surface area contributed by atoms with Crippen LogP contribution in [0.1, 0.15) is 58.1 Å². The summed E-state index contributed by atoms with van der Waals surface area (Å²) in [6.07, 6.45) is 8.52. The summed E-state index contributed by atoms with van der Waals surface area (Å²) in [7, 11) is 0. The van der Waals surface area contributed by atoms with Crippen molar-refractivity contribution in [2.24, 2.45) is 29.1 Å². The van der Waals surface area contributed by atoms with Gasteiger partial charge in [-0.3, -0.25) is 9.59 Å². The third-order valence-electron chi connectivity index (χ3n) is 6.66. The second-order valence-corrected chi connectivity index (χ2v) is 9.07. The van der Waals surface area contributed by atoms with Crippen LogP contribution in [0, 0.1) is 29.1 Å². The maximum absolute atomic E-state index is 13.2.